The predicted octanol–water partition coefficient (Wildman–Crippen LogP) is 5.87. The van der Waals surface area contributed by atoms with Crippen molar-refractivity contribution >= 4 is 39.8 Å². The third kappa shape index (κ3) is 5.52. The molecule has 2 fully saturated rings. The van der Waals surface area contributed by atoms with Crippen LogP contribution in [-0.2, 0) is 18.4 Å². The van der Waals surface area contributed by atoms with E-state index in [0.29, 0.717) is 58.7 Å². The zero-order valence-corrected chi connectivity index (χ0v) is 26.9. The molecule has 3 aromatic heterocycles. The summed E-state index contributed by atoms with van der Waals surface area (Å²) < 4.78 is 34.2. The summed E-state index contributed by atoms with van der Waals surface area (Å²) in [6.07, 6.45) is 0.160. The Morgan fingerprint density at radius 1 is 1.10 bits per heavy atom. The topological polar surface area (TPSA) is 135 Å². The molecule has 0 amide bonds. The highest BCUT2D eigenvalue weighted by molar-refractivity contribution is 6.36. The smallest absolute Gasteiger partial charge is 0.307 e. The molecule has 0 spiro atoms. The highest BCUT2D eigenvalue weighted by atomic mass is 35.5. The highest BCUT2D eigenvalue weighted by Crippen LogP contribution is 2.52. The first kappa shape index (κ1) is 31.6. The van der Waals surface area contributed by atoms with Crippen LogP contribution in [0.25, 0.3) is 33.2 Å². The number of ether oxygens (including phenoxy) is 1. The van der Waals surface area contributed by atoms with Crippen molar-refractivity contribution < 1.29 is 23.4 Å². The van der Waals surface area contributed by atoms with Gasteiger partial charge >= 0.3 is 5.97 Å². The van der Waals surface area contributed by atoms with Gasteiger partial charge < -0.3 is 15.2 Å². The van der Waals surface area contributed by atoms with Crippen LogP contribution in [0.4, 0.5) is 20.3 Å². The summed E-state index contributed by atoms with van der Waals surface area (Å²) in [4.78, 5) is 40.0. The number of nitrogens with one attached hydrogen (secondary N) is 1. The van der Waals surface area contributed by atoms with Crippen LogP contribution in [0.1, 0.15) is 23.4 Å². The normalized spacial score (nSPS) is 18.7. The first-order valence-corrected chi connectivity index (χ1v) is 15.6. The summed E-state index contributed by atoms with van der Waals surface area (Å²) in [5.74, 6) is -0.241. The summed E-state index contributed by atoms with van der Waals surface area (Å²) in [7, 11) is 3.01. The van der Waals surface area contributed by atoms with Gasteiger partial charge in [-0.1, -0.05) is 41.9 Å². The van der Waals surface area contributed by atoms with E-state index in [1.807, 2.05) is 31.2 Å². The lowest BCUT2D eigenvalue weighted by Crippen LogP contribution is -2.26. The Bertz CT molecular complexity index is 2150. The van der Waals surface area contributed by atoms with Gasteiger partial charge in [0.05, 0.1) is 41.5 Å². The van der Waals surface area contributed by atoms with Gasteiger partial charge in [-0.25, -0.2) is 23.4 Å². The number of nitrogens with zero attached hydrogens (tertiary/aromatic N) is 6. The van der Waals surface area contributed by atoms with Gasteiger partial charge in [0.2, 0.25) is 5.88 Å². The van der Waals surface area contributed by atoms with Gasteiger partial charge in [0.15, 0.2) is 0 Å². The van der Waals surface area contributed by atoms with Crippen molar-refractivity contribution in [2.24, 2.45) is 24.8 Å². The number of carbonyl (C=O) groups is 1. The number of alkyl halides is 2. The fraction of sp³-hybridized carbons (Fsp3) is 0.294. The second-order valence-corrected chi connectivity index (χ2v) is 12.5. The van der Waals surface area contributed by atoms with Crippen LogP contribution < -0.4 is 15.6 Å². The number of aryl methyl sites for hydroxylation is 1. The molecular weight excluding hydrogens is 644 g/mol. The van der Waals surface area contributed by atoms with Crippen LogP contribution in [0.2, 0.25) is 5.02 Å². The summed E-state index contributed by atoms with van der Waals surface area (Å²) in [6.45, 7) is 3.76. The molecule has 1 saturated carbocycles. The second kappa shape index (κ2) is 12.2. The van der Waals surface area contributed by atoms with E-state index in [2.05, 4.69) is 25.3 Å². The largest absolute Gasteiger partial charge is 0.481 e. The number of benzene rings is 2. The average Bonchev–Trinajstić information content (AvgIpc) is 3.59. The molecule has 14 heteroatoms. The third-order valence-electron chi connectivity index (χ3n) is 9.26. The molecule has 48 heavy (non-hydrogen) atoms. The molecule has 2 aliphatic rings. The number of carboxylic acid groups (broad SMARTS) is 1. The third-order valence-corrected chi connectivity index (χ3v) is 9.66. The van der Waals surface area contributed by atoms with Crippen LogP contribution >= 0.6 is 11.6 Å². The van der Waals surface area contributed by atoms with Crippen molar-refractivity contribution in [3.8, 4) is 28.3 Å². The molecule has 0 radical (unpaired) electrons. The Hall–Kier alpha value is -5.01. The van der Waals surface area contributed by atoms with Crippen LogP contribution in [0.3, 0.4) is 0 Å². The lowest BCUT2D eigenvalue weighted by molar-refractivity contribution is -0.139. The first-order valence-electron chi connectivity index (χ1n) is 15.2. The maximum absolute atomic E-state index is 13.7. The molecule has 1 saturated heterocycles. The van der Waals surface area contributed by atoms with Gasteiger partial charge in [0.25, 0.3) is 12.0 Å². The molecule has 4 heterocycles. The molecule has 2 aromatic carbocycles. The van der Waals surface area contributed by atoms with Gasteiger partial charge in [-0.3, -0.25) is 19.5 Å². The van der Waals surface area contributed by atoms with E-state index < -0.39 is 23.6 Å². The molecule has 7 rings (SSSR count). The minimum absolute atomic E-state index is 0.000944. The van der Waals surface area contributed by atoms with Gasteiger partial charge in [-0.15, -0.1) is 0 Å². The molecule has 0 bridgehead atoms. The Balaban J connectivity index is 1.19. The first-order chi connectivity index (χ1) is 23.0. The Labute approximate surface area is 278 Å². The van der Waals surface area contributed by atoms with E-state index >= 15 is 0 Å². The molecule has 1 aliphatic carbocycles. The Morgan fingerprint density at radius 3 is 2.52 bits per heavy atom. The maximum atomic E-state index is 13.7. The lowest BCUT2D eigenvalue weighted by atomic mass is 9.96. The fourth-order valence-corrected chi connectivity index (χ4v) is 7.05. The van der Waals surface area contributed by atoms with Crippen LogP contribution in [0.15, 0.2) is 59.7 Å². The van der Waals surface area contributed by atoms with Gasteiger partial charge in [-0.05, 0) is 42.0 Å². The number of aliphatic carboxylic acids is 1. The maximum Gasteiger partial charge on any atom is 0.307 e. The monoisotopic (exact) mass is 673 g/mol. The molecule has 246 valence electrons. The van der Waals surface area contributed by atoms with E-state index in [1.165, 1.54) is 26.4 Å². The summed E-state index contributed by atoms with van der Waals surface area (Å²) in [5.41, 5.74) is 3.59. The van der Waals surface area contributed by atoms with Crippen LogP contribution in [-0.4, -0.2) is 60.9 Å². The number of likely N-dealkylation sites (tertiary alicyclic amines) is 1. The number of piperidine rings is 1. The van der Waals surface area contributed by atoms with Crippen molar-refractivity contribution in [2.45, 2.75) is 19.9 Å². The quantitative estimate of drug-likeness (QED) is 0.196. The van der Waals surface area contributed by atoms with Crippen molar-refractivity contribution in [1.82, 2.24) is 29.6 Å². The summed E-state index contributed by atoms with van der Waals surface area (Å²) in [6, 6.07) is 12.2. The van der Waals surface area contributed by atoms with Gasteiger partial charge in [-0.2, -0.15) is 5.10 Å². The van der Waals surface area contributed by atoms with Crippen molar-refractivity contribution in [2.75, 3.05) is 25.5 Å². The zero-order valence-electron chi connectivity index (χ0n) is 26.1. The molecule has 2 N–H and O–H groups in total. The van der Waals surface area contributed by atoms with E-state index in [0.717, 1.165) is 15.8 Å². The molecule has 1 aliphatic heterocycles. The van der Waals surface area contributed by atoms with E-state index in [9.17, 15) is 23.5 Å². The van der Waals surface area contributed by atoms with Crippen LogP contribution in [0.5, 0.6) is 5.88 Å². The van der Waals surface area contributed by atoms with Crippen molar-refractivity contribution in [3.05, 3.63) is 87.2 Å². The number of methoxy groups -OCH3 is 1. The van der Waals surface area contributed by atoms with Gasteiger partial charge in [0.1, 0.15) is 17.2 Å². The molecule has 5 aromatic rings. The fourth-order valence-electron chi connectivity index (χ4n) is 6.73. The number of hydrogen-bond donors (Lipinski definition) is 2. The number of carboxylic acids is 1. The standard InChI is InChI=1S/C34H30ClF2N7O4/c1-16-18(6-5-9-23(16)40-31-27-17(10-24(41-31)30(36)37)11-39-43(2)33(27)45)19-7-4-8-20(29(19)35)25-12-38-26(32(42-25)48-3)15-44-13-21-22(14-44)28(21)34(46)47/h4-12,21-22,28,30H,13-15H2,1-3H3,(H,40,41)(H,46,47)/t21-,22+,28?. The number of aromatic nitrogens is 5. The summed E-state index contributed by atoms with van der Waals surface area (Å²) in [5, 5.41) is 17.2. The van der Waals surface area contributed by atoms with Crippen molar-refractivity contribution in [1.29, 1.82) is 0 Å². The van der Waals surface area contributed by atoms with E-state index in [4.69, 9.17) is 21.3 Å². The number of halogens is 3. The number of hydrogen-bond acceptors (Lipinski definition) is 9. The molecule has 1 unspecified atom stereocenters. The van der Waals surface area contributed by atoms with Crippen molar-refractivity contribution in [3.63, 3.8) is 0 Å². The Kier molecular flexibility index (Phi) is 8.04. The minimum Gasteiger partial charge on any atom is -0.481 e. The molecule has 11 nitrogen and oxygen atoms in total. The molecule has 3 atom stereocenters. The molecular formula is C34H30ClF2N7O4. The Morgan fingerprint density at radius 2 is 1.81 bits per heavy atom. The SMILES string of the molecule is COc1nc(-c2cccc(-c3cccc(Nc4nc(C(F)F)cc5cnn(C)c(=O)c45)c3C)c2Cl)cnc1CN1C[C@@H]2C(C(=O)O)[C@@H]2C1. The number of rotatable bonds is 9. The average molecular weight is 674 g/mol. The predicted molar refractivity (Wildman–Crippen MR) is 176 cm³/mol. The van der Waals surface area contributed by atoms with E-state index in [-0.39, 0.29) is 34.3 Å². The van der Waals surface area contributed by atoms with E-state index in [1.54, 1.807) is 18.3 Å². The zero-order chi connectivity index (χ0) is 33.9. The van der Waals surface area contributed by atoms with Crippen LogP contribution in [0, 0.1) is 24.7 Å². The lowest BCUT2D eigenvalue weighted by Gasteiger charge is -2.19. The number of fused-ring (bicyclic) bond motifs is 2. The van der Waals surface area contributed by atoms with Gasteiger partial charge in [0, 0.05) is 48.9 Å². The number of pyridine rings is 1. The minimum atomic E-state index is -2.85. The highest BCUT2D eigenvalue weighted by Gasteiger charge is 2.59. The second-order valence-electron chi connectivity index (χ2n) is 12.1. The number of anilines is 2. The summed E-state index contributed by atoms with van der Waals surface area (Å²) >= 11 is 7.04.